The van der Waals surface area contributed by atoms with Crippen LogP contribution >= 0.6 is 15.9 Å². The summed E-state index contributed by atoms with van der Waals surface area (Å²) in [5, 5.41) is 0.545. The van der Waals surface area contributed by atoms with E-state index in [1.54, 1.807) is 25.1 Å². The Morgan fingerprint density at radius 2 is 1.89 bits per heavy atom. The van der Waals surface area contributed by atoms with Crippen LogP contribution in [0.5, 0.6) is 0 Å². The topological polar surface area (TPSA) is 63.7 Å². The van der Waals surface area contributed by atoms with E-state index in [0.717, 1.165) is 4.47 Å². The fraction of sp³-hybridized carbons (Fsp3) is 0.250. The molecule has 1 aromatic rings. The molecule has 0 unspecified atom stereocenters. The zero-order chi connectivity index (χ0) is 13.3. The molecule has 0 spiro atoms. The van der Waals surface area contributed by atoms with Gasteiger partial charge in [-0.25, -0.2) is 4.79 Å². The van der Waals surface area contributed by atoms with Crippen molar-refractivity contribution < 1.29 is 19.2 Å². The lowest BCUT2D eigenvalue weighted by atomic mass is 10.1. The van der Waals surface area contributed by atoms with Gasteiger partial charge in [0.05, 0.1) is 5.56 Å². The molecule has 0 saturated carbocycles. The summed E-state index contributed by atoms with van der Waals surface area (Å²) < 4.78 is 0.838. The Balaban J connectivity index is 2.17. The molecular weight excluding hydrogens is 302 g/mol. The number of amides is 2. The van der Waals surface area contributed by atoms with E-state index in [9.17, 15) is 14.4 Å². The lowest BCUT2D eigenvalue weighted by Gasteiger charge is -2.13. The Morgan fingerprint density at radius 1 is 1.28 bits per heavy atom. The lowest BCUT2D eigenvalue weighted by Crippen LogP contribution is -2.32. The zero-order valence-electron chi connectivity index (χ0n) is 9.60. The molecule has 0 radical (unpaired) electrons. The Bertz CT molecular complexity index is 525. The van der Waals surface area contributed by atoms with Gasteiger partial charge in [-0.15, -0.1) is 5.06 Å². The van der Waals surface area contributed by atoms with Gasteiger partial charge in [0.2, 0.25) is 0 Å². The maximum absolute atomic E-state index is 11.8. The highest BCUT2D eigenvalue weighted by atomic mass is 79.9. The summed E-state index contributed by atoms with van der Waals surface area (Å²) in [6.45, 7) is 1.75. The normalized spacial score (nSPS) is 15.1. The van der Waals surface area contributed by atoms with Gasteiger partial charge in [0.25, 0.3) is 11.8 Å². The van der Waals surface area contributed by atoms with Gasteiger partial charge in [0, 0.05) is 17.3 Å². The molecule has 0 bridgehead atoms. The maximum Gasteiger partial charge on any atom is 0.364 e. The Kier molecular flexibility index (Phi) is 3.47. The molecule has 0 aliphatic carbocycles. The second-order valence-electron chi connectivity index (χ2n) is 3.92. The SMILES string of the molecule is Cc1cc(Br)ccc1C(=O)ON1C(=O)CCC1=O. The molecule has 18 heavy (non-hydrogen) atoms. The first kappa shape index (κ1) is 12.8. The number of hydrogen-bond donors (Lipinski definition) is 0. The van der Waals surface area contributed by atoms with Gasteiger partial charge in [-0.05, 0) is 30.7 Å². The summed E-state index contributed by atoms with van der Waals surface area (Å²) >= 11 is 3.28. The Hall–Kier alpha value is -1.69. The molecule has 0 atom stereocenters. The monoisotopic (exact) mass is 311 g/mol. The second kappa shape index (κ2) is 4.89. The van der Waals surface area contributed by atoms with Gasteiger partial charge in [0.15, 0.2) is 0 Å². The number of rotatable bonds is 2. The van der Waals surface area contributed by atoms with E-state index in [1.165, 1.54) is 0 Å². The largest absolute Gasteiger partial charge is 0.364 e. The lowest BCUT2D eigenvalue weighted by molar-refractivity contribution is -0.172. The molecule has 0 aromatic heterocycles. The molecule has 6 heteroatoms. The third-order valence-electron chi connectivity index (χ3n) is 2.59. The van der Waals surface area contributed by atoms with Gasteiger partial charge in [-0.2, -0.15) is 0 Å². The number of halogens is 1. The van der Waals surface area contributed by atoms with Crippen molar-refractivity contribution in [2.75, 3.05) is 0 Å². The van der Waals surface area contributed by atoms with E-state index < -0.39 is 17.8 Å². The van der Waals surface area contributed by atoms with E-state index in [4.69, 9.17) is 4.84 Å². The van der Waals surface area contributed by atoms with E-state index in [2.05, 4.69) is 15.9 Å². The van der Waals surface area contributed by atoms with Crippen LogP contribution in [-0.2, 0) is 14.4 Å². The van der Waals surface area contributed by atoms with Crippen molar-refractivity contribution in [2.24, 2.45) is 0 Å². The van der Waals surface area contributed by atoms with Crippen LogP contribution in [0.3, 0.4) is 0 Å². The van der Waals surface area contributed by atoms with Gasteiger partial charge in [-0.3, -0.25) is 9.59 Å². The molecule has 0 N–H and O–H groups in total. The van der Waals surface area contributed by atoms with Gasteiger partial charge in [-0.1, -0.05) is 15.9 Å². The molecule has 2 rings (SSSR count). The average molecular weight is 312 g/mol. The summed E-state index contributed by atoms with van der Waals surface area (Å²) in [7, 11) is 0. The smallest absolute Gasteiger partial charge is 0.325 e. The fourth-order valence-electron chi connectivity index (χ4n) is 1.65. The van der Waals surface area contributed by atoms with Crippen molar-refractivity contribution in [1.29, 1.82) is 0 Å². The van der Waals surface area contributed by atoms with E-state index in [-0.39, 0.29) is 12.8 Å². The quantitative estimate of drug-likeness (QED) is 0.783. The van der Waals surface area contributed by atoms with Crippen molar-refractivity contribution in [3.63, 3.8) is 0 Å². The van der Waals surface area contributed by atoms with Crippen LogP contribution in [0.4, 0.5) is 0 Å². The number of hydroxylamine groups is 2. The van der Waals surface area contributed by atoms with Gasteiger partial charge in [0.1, 0.15) is 0 Å². The van der Waals surface area contributed by atoms with Crippen LogP contribution < -0.4 is 0 Å². The highest BCUT2D eigenvalue weighted by Crippen LogP contribution is 2.19. The molecule has 1 aromatic carbocycles. The number of carbonyl (C=O) groups is 3. The van der Waals surface area contributed by atoms with E-state index in [1.807, 2.05) is 0 Å². The standard InChI is InChI=1S/C12H10BrNO4/c1-7-6-8(13)2-3-9(7)12(17)18-14-10(15)4-5-11(14)16/h2-3,6H,4-5H2,1H3. The molecule has 2 amide bonds. The van der Waals surface area contributed by atoms with Crippen LogP contribution in [-0.4, -0.2) is 22.8 Å². The first-order valence-electron chi connectivity index (χ1n) is 5.33. The van der Waals surface area contributed by atoms with Crippen LogP contribution in [0.1, 0.15) is 28.8 Å². The third kappa shape index (κ3) is 2.43. The van der Waals surface area contributed by atoms with Crippen molar-refractivity contribution in [3.8, 4) is 0 Å². The number of hydrogen-bond acceptors (Lipinski definition) is 4. The fourth-order valence-corrected chi connectivity index (χ4v) is 2.12. The van der Waals surface area contributed by atoms with Gasteiger partial charge < -0.3 is 4.84 Å². The highest BCUT2D eigenvalue weighted by molar-refractivity contribution is 9.10. The summed E-state index contributed by atoms with van der Waals surface area (Å²) in [4.78, 5) is 39.3. The molecule has 1 saturated heterocycles. The summed E-state index contributed by atoms with van der Waals surface area (Å²) in [6.07, 6.45) is 0.177. The molecular formula is C12H10BrNO4. The molecule has 1 heterocycles. The minimum Gasteiger partial charge on any atom is -0.325 e. The summed E-state index contributed by atoms with van der Waals surface area (Å²) in [6, 6.07) is 5.02. The number of aryl methyl sites for hydroxylation is 1. The first-order chi connectivity index (χ1) is 8.49. The van der Waals surface area contributed by atoms with E-state index in [0.29, 0.717) is 16.2 Å². The van der Waals surface area contributed by atoms with E-state index >= 15 is 0 Å². The number of nitrogens with zero attached hydrogens (tertiary/aromatic N) is 1. The van der Waals surface area contributed by atoms with Crippen LogP contribution in [0, 0.1) is 6.92 Å². The minimum atomic E-state index is -0.705. The zero-order valence-corrected chi connectivity index (χ0v) is 11.2. The molecule has 1 aliphatic heterocycles. The predicted octanol–water partition coefficient (Wildman–Crippen LogP) is 1.98. The summed E-state index contributed by atoms with van der Waals surface area (Å²) in [5.41, 5.74) is 1.03. The predicted molar refractivity (Wildman–Crippen MR) is 65.4 cm³/mol. The average Bonchev–Trinajstić information content (AvgIpc) is 2.60. The van der Waals surface area contributed by atoms with Crippen molar-refractivity contribution in [3.05, 3.63) is 33.8 Å². The third-order valence-corrected chi connectivity index (χ3v) is 3.08. The Labute approximate surface area is 112 Å². The first-order valence-corrected chi connectivity index (χ1v) is 6.12. The second-order valence-corrected chi connectivity index (χ2v) is 4.84. The number of imide groups is 1. The van der Waals surface area contributed by atoms with Crippen LogP contribution in [0.25, 0.3) is 0 Å². The summed E-state index contributed by atoms with van der Waals surface area (Å²) in [5.74, 6) is -1.67. The number of carbonyl (C=O) groups excluding carboxylic acids is 3. The molecule has 5 nitrogen and oxygen atoms in total. The van der Waals surface area contributed by atoms with Crippen molar-refractivity contribution >= 4 is 33.7 Å². The molecule has 94 valence electrons. The Morgan fingerprint density at radius 3 is 2.44 bits per heavy atom. The molecule has 1 aliphatic rings. The molecule has 1 fully saturated rings. The van der Waals surface area contributed by atoms with Crippen molar-refractivity contribution in [1.82, 2.24) is 5.06 Å². The van der Waals surface area contributed by atoms with Crippen molar-refractivity contribution in [2.45, 2.75) is 19.8 Å². The number of benzene rings is 1. The highest BCUT2D eigenvalue weighted by Gasteiger charge is 2.33. The minimum absolute atomic E-state index is 0.0887. The van der Waals surface area contributed by atoms with Gasteiger partial charge >= 0.3 is 5.97 Å². The van der Waals surface area contributed by atoms with Crippen LogP contribution in [0.2, 0.25) is 0 Å². The maximum atomic E-state index is 11.8. The van der Waals surface area contributed by atoms with Crippen LogP contribution in [0.15, 0.2) is 22.7 Å².